The first-order valence-corrected chi connectivity index (χ1v) is 4.68. The van der Waals surface area contributed by atoms with Crippen molar-refractivity contribution in [3.63, 3.8) is 0 Å². The minimum atomic E-state index is 0.0729. The van der Waals surface area contributed by atoms with Gasteiger partial charge in [0.2, 0.25) is 0 Å². The van der Waals surface area contributed by atoms with Crippen LogP contribution in [0.3, 0.4) is 0 Å². The van der Waals surface area contributed by atoms with Crippen LogP contribution < -0.4 is 0 Å². The Bertz CT molecular complexity index is 216. The molecule has 0 aromatic heterocycles. The predicted molar refractivity (Wildman–Crippen MR) is 49.5 cm³/mol. The van der Waals surface area contributed by atoms with Crippen molar-refractivity contribution in [2.45, 2.75) is 20.3 Å². The summed E-state index contributed by atoms with van der Waals surface area (Å²) in [5.74, 6) is 0.141. The van der Waals surface area contributed by atoms with Gasteiger partial charge in [-0.15, -0.1) is 0 Å². The van der Waals surface area contributed by atoms with Gasteiger partial charge in [0.1, 0.15) is 5.78 Å². The second kappa shape index (κ2) is 4.25. The minimum absolute atomic E-state index is 0.0729. The van der Waals surface area contributed by atoms with Crippen molar-refractivity contribution in [1.82, 2.24) is 9.80 Å². The fourth-order valence-corrected chi connectivity index (χ4v) is 1.43. The molecule has 0 aromatic carbocycles. The lowest BCUT2D eigenvalue weighted by molar-refractivity contribution is -0.117. The molecule has 74 valence electrons. The van der Waals surface area contributed by atoms with Gasteiger partial charge in [-0.05, 0) is 13.8 Å². The highest BCUT2D eigenvalue weighted by Gasteiger charge is 2.26. The zero-order valence-corrected chi connectivity index (χ0v) is 8.25. The van der Waals surface area contributed by atoms with Gasteiger partial charge in [-0.25, -0.2) is 4.79 Å². The number of nitrogens with zero attached hydrogens (tertiary/aromatic N) is 2. The first-order chi connectivity index (χ1) is 6.15. The van der Waals surface area contributed by atoms with E-state index in [1.165, 1.54) is 0 Å². The van der Waals surface area contributed by atoms with Crippen molar-refractivity contribution in [2.75, 3.05) is 26.2 Å². The average molecular weight is 184 g/mol. The topological polar surface area (TPSA) is 40.6 Å². The van der Waals surface area contributed by atoms with Crippen LogP contribution in [-0.4, -0.2) is 47.8 Å². The van der Waals surface area contributed by atoms with Crippen molar-refractivity contribution in [3.8, 4) is 0 Å². The fourth-order valence-electron chi connectivity index (χ4n) is 1.43. The summed E-state index contributed by atoms with van der Waals surface area (Å²) in [5.41, 5.74) is 0. The molecule has 4 heteroatoms. The maximum absolute atomic E-state index is 11.5. The van der Waals surface area contributed by atoms with Crippen LogP contribution in [0.15, 0.2) is 0 Å². The summed E-state index contributed by atoms with van der Waals surface area (Å²) < 4.78 is 0. The van der Waals surface area contributed by atoms with E-state index in [2.05, 4.69) is 0 Å². The molecule has 0 bridgehead atoms. The molecule has 13 heavy (non-hydrogen) atoms. The highest BCUT2D eigenvalue weighted by atomic mass is 16.2. The zero-order chi connectivity index (χ0) is 9.84. The van der Waals surface area contributed by atoms with Crippen LogP contribution in [0, 0.1) is 0 Å². The third-order valence-corrected chi connectivity index (χ3v) is 2.30. The molecule has 0 aliphatic carbocycles. The molecule has 0 atom stereocenters. The van der Waals surface area contributed by atoms with E-state index >= 15 is 0 Å². The van der Waals surface area contributed by atoms with Gasteiger partial charge in [0, 0.05) is 32.6 Å². The highest BCUT2D eigenvalue weighted by molar-refractivity contribution is 5.79. The van der Waals surface area contributed by atoms with Crippen LogP contribution in [0.5, 0.6) is 0 Å². The van der Waals surface area contributed by atoms with Crippen molar-refractivity contribution in [1.29, 1.82) is 0 Å². The summed E-state index contributed by atoms with van der Waals surface area (Å²) in [6.07, 6.45) is 0.475. The molecule has 1 saturated heterocycles. The van der Waals surface area contributed by atoms with Crippen molar-refractivity contribution in [3.05, 3.63) is 0 Å². The lowest BCUT2D eigenvalue weighted by Crippen LogP contribution is -2.32. The summed E-state index contributed by atoms with van der Waals surface area (Å²) in [5, 5.41) is 0. The van der Waals surface area contributed by atoms with Crippen LogP contribution >= 0.6 is 0 Å². The molecule has 0 unspecified atom stereocenters. The molecule has 1 aliphatic rings. The molecule has 0 spiro atoms. The Morgan fingerprint density at radius 1 is 1.38 bits per heavy atom. The summed E-state index contributed by atoms with van der Waals surface area (Å²) in [6, 6.07) is 0.0729. The Morgan fingerprint density at radius 2 is 2.00 bits per heavy atom. The molecule has 4 nitrogen and oxygen atoms in total. The highest BCUT2D eigenvalue weighted by Crippen LogP contribution is 2.08. The third kappa shape index (κ3) is 2.44. The number of Topliss-reactive ketones (excluding diaryl/α,β-unsaturated/α-hetero) is 1. The van der Waals surface area contributed by atoms with Crippen molar-refractivity contribution in [2.24, 2.45) is 0 Å². The number of hydrogen-bond donors (Lipinski definition) is 0. The van der Waals surface area contributed by atoms with Crippen molar-refractivity contribution < 1.29 is 9.59 Å². The van der Waals surface area contributed by atoms with Gasteiger partial charge >= 0.3 is 6.03 Å². The van der Waals surface area contributed by atoms with Crippen LogP contribution in [0.4, 0.5) is 4.79 Å². The number of likely N-dealkylation sites (N-methyl/N-ethyl adjacent to an activating group) is 1. The van der Waals surface area contributed by atoms with Gasteiger partial charge in [0.15, 0.2) is 0 Å². The summed E-state index contributed by atoms with van der Waals surface area (Å²) in [4.78, 5) is 25.7. The Kier molecular flexibility index (Phi) is 3.28. The summed E-state index contributed by atoms with van der Waals surface area (Å²) in [6.45, 7) is 6.41. The van der Waals surface area contributed by atoms with E-state index in [0.717, 1.165) is 19.6 Å². The maximum Gasteiger partial charge on any atom is 0.320 e. The van der Waals surface area contributed by atoms with E-state index in [9.17, 15) is 9.59 Å². The molecular formula is C9H16N2O2. The Balaban J connectivity index is 2.37. The molecular weight excluding hydrogens is 168 g/mol. The lowest BCUT2D eigenvalue weighted by Gasteiger charge is -2.16. The molecule has 1 rings (SSSR count). The van der Waals surface area contributed by atoms with Gasteiger partial charge in [-0.1, -0.05) is 0 Å². The molecule has 2 amide bonds. The molecule has 0 saturated carbocycles. The predicted octanol–water partition coefficient (Wildman–Crippen LogP) is 0.723. The zero-order valence-electron chi connectivity index (χ0n) is 8.25. The molecule has 0 aromatic rings. The molecule has 1 aliphatic heterocycles. The molecule has 0 radical (unpaired) electrons. The smallest absolute Gasteiger partial charge is 0.320 e. The van der Waals surface area contributed by atoms with E-state index in [-0.39, 0.29) is 11.8 Å². The average Bonchev–Trinajstić information content (AvgIpc) is 2.43. The van der Waals surface area contributed by atoms with Gasteiger partial charge in [0.25, 0.3) is 0 Å². The van der Waals surface area contributed by atoms with E-state index < -0.39 is 0 Å². The van der Waals surface area contributed by atoms with Crippen LogP contribution in [-0.2, 0) is 4.79 Å². The monoisotopic (exact) mass is 184 g/mol. The minimum Gasteiger partial charge on any atom is -0.323 e. The normalized spacial score (nSPS) is 16.9. The SMILES string of the molecule is CCN1CCN(CCC(C)=O)C1=O. The number of rotatable bonds is 4. The van der Waals surface area contributed by atoms with Gasteiger partial charge in [-0.3, -0.25) is 4.79 Å². The van der Waals surface area contributed by atoms with Crippen LogP contribution in [0.2, 0.25) is 0 Å². The van der Waals surface area contributed by atoms with E-state index in [4.69, 9.17) is 0 Å². The third-order valence-electron chi connectivity index (χ3n) is 2.30. The van der Waals surface area contributed by atoms with Crippen molar-refractivity contribution >= 4 is 11.8 Å². The van der Waals surface area contributed by atoms with Crippen LogP contribution in [0.1, 0.15) is 20.3 Å². The van der Waals surface area contributed by atoms with E-state index in [1.54, 1.807) is 16.7 Å². The summed E-state index contributed by atoms with van der Waals surface area (Å²) in [7, 11) is 0. The first kappa shape index (κ1) is 10.0. The molecule has 1 fully saturated rings. The summed E-state index contributed by atoms with van der Waals surface area (Å²) >= 11 is 0. The van der Waals surface area contributed by atoms with Gasteiger partial charge < -0.3 is 9.80 Å². The number of amides is 2. The second-order valence-electron chi connectivity index (χ2n) is 3.30. The number of carbonyl (C=O) groups is 2. The van der Waals surface area contributed by atoms with Crippen LogP contribution in [0.25, 0.3) is 0 Å². The number of carbonyl (C=O) groups excluding carboxylic acids is 2. The van der Waals surface area contributed by atoms with Gasteiger partial charge in [-0.2, -0.15) is 0 Å². The number of urea groups is 1. The standard InChI is InChI=1S/C9H16N2O2/c1-3-10-6-7-11(9(10)13)5-4-8(2)12/h3-7H2,1-2H3. The Labute approximate surface area is 78.5 Å². The molecule has 0 N–H and O–H groups in total. The number of hydrogen-bond acceptors (Lipinski definition) is 2. The fraction of sp³-hybridized carbons (Fsp3) is 0.778. The Hall–Kier alpha value is -1.06. The lowest BCUT2D eigenvalue weighted by atomic mass is 10.3. The van der Waals surface area contributed by atoms with E-state index in [1.807, 2.05) is 6.92 Å². The largest absolute Gasteiger partial charge is 0.323 e. The Morgan fingerprint density at radius 3 is 2.46 bits per heavy atom. The first-order valence-electron chi connectivity index (χ1n) is 4.68. The quantitative estimate of drug-likeness (QED) is 0.646. The van der Waals surface area contributed by atoms with E-state index in [0.29, 0.717) is 13.0 Å². The molecule has 1 heterocycles. The second-order valence-corrected chi connectivity index (χ2v) is 3.30. The maximum atomic E-state index is 11.5. The number of ketones is 1. The van der Waals surface area contributed by atoms with Gasteiger partial charge in [0.05, 0.1) is 0 Å².